The van der Waals surface area contributed by atoms with E-state index in [4.69, 9.17) is 4.74 Å². The lowest BCUT2D eigenvalue weighted by atomic mass is 10.2. The maximum absolute atomic E-state index is 12.7. The first-order chi connectivity index (χ1) is 14.6. The highest BCUT2D eigenvalue weighted by atomic mass is 16.5. The minimum atomic E-state index is -0.326. The summed E-state index contributed by atoms with van der Waals surface area (Å²) in [6, 6.07) is 22.6. The number of amides is 1. The summed E-state index contributed by atoms with van der Waals surface area (Å²) in [6.07, 6.45) is 1.23. The molecule has 0 bridgehead atoms. The number of aryl methyl sites for hydroxylation is 1. The summed E-state index contributed by atoms with van der Waals surface area (Å²) in [6.45, 7) is 2.24. The highest BCUT2D eigenvalue weighted by molar-refractivity contribution is 5.93. The summed E-state index contributed by atoms with van der Waals surface area (Å²) in [7, 11) is 0. The van der Waals surface area contributed by atoms with Crippen molar-refractivity contribution in [2.24, 2.45) is 0 Å². The standard InChI is InChI=1S/C24H21N3O3/c1-17-11-12-20(22(13-17)30-16-18-7-3-2-4-8-18)26-23(28)15-27-21-10-6-5-9-19(21)25-14-24(27)29/h2-14H,15-16H2,1H3,(H,26,28). The van der Waals surface area contributed by atoms with Crippen molar-refractivity contribution in [3.05, 3.63) is 100 Å². The van der Waals surface area contributed by atoms with Gasteiger partial charge in [-0.1, -0.05) is 48.5 Å². The molecular formula is C24H21N3O3. The van der Waals surface area contributed by atoms with Crippen LogP contribution in [0.5, 0.6) is 5.75 Å². The quantitative estimate of drug-likeness (QED) is 0.533. The van der Waals surface area contributed by atoms with Crippen molar-refractivity contribution in [2.75, 3.05) is 5.32 Å². The lowest BCUT2D eigenvalue weighted by molar-refractivity contribution is -0.116. The van der Waals surface area contributed by atoms with E-state index in [1.807, 2.05) is 61.5 Å². The van der Waals surface area contributed by atoms with Crippen molar-refractivity contribution >= 4 is 22.6 Å². The number of carbonyl (C=O) groups excluding carboxylic acids is 1. The summed E-state index contributed by atoms with van der Waals surface area (Å²) in [5.74, 6) is 0.265. The fourth-order valence-corrected chi connectivity index (χ4v) is 3.20. The van der Waals surface area contributed by atoms with Crippen LogP contribution < -0.4 is 15.6 Å². The molecule has 0 radical (unpaired) electrons. The van der Waals surface area contributed by atoms with Gasteiger partial charge in [0.15, 0.2) is 0 Å². The van der Waals surface area contributed by atoms with Crippen molar-refractivity contribution in [3.63, 3.8) is 0 Å². The third-order valence-corrected chi connectivity index (χ3v) is 4.70. The number of benzene rings is 3. The fourth-order valence-electron chi connectivity index (χ4n) is 3.20. The molecule has 6 nitrogen and oxygen atoms in total. The van der Waals surface area contributed by atoms with Gasteiger partial charge in [0.05, 0.1) is 22.9 Å². The number of carbonyl (C=O) groups is 1. The topological polar surface area (TPSA) is 73.2 Å². The first-order valence-corrected chi connectivity index (χ1v) is 9.62. The summed E-state index contributed by atoms with van der Waals surface area (Å²) < 4.78 is 7.37. The molecule has 4 aromatic rings. The number of nitrogens with zero attached hydrogens (tertiary/aromatic N) is 2. The van der Waals surface area contributed by atoms with Gasteiger partial charge in [0.1, 0.15) is 18.9 Å². The lowest BCUT2D eigenvalue weighted by Gasteiger charge is -2.14. The van der Waals surface area contributed by atoms with Gasteiger partial charge >= 0.3 is 0 Å². The lowest BCUT2D eigenvalue weighted by Crippen LogP contribution is -2.28. The molecule has 0 spiro atoms. The van der Waals surface area contributed by atoms with Crippen LogP contribution in [-0.2, 0) is 17.9 Å². The number of anilines is 1. The van der Waals surface area contributed by atoms with Crippen LogP contribution in [0.25, 0.3) is 11.0 Å². The Bertz CT molecular complexity index is 1250. The minimum Gasteiger partial charge on any atom is -0.487 e. The number of hydrogen-bond acceptors (Lipinski definition) is 4. The Kier molecular flexibility index (Phi) is 5.57. The molecule has 0 aliphatic rings. The summed E-state index contributed by atoms with van der Waals surface area (Å²) in [4.78, 5) is 29.2. The van der Waals surface area contributed by atoms with Crippen LogP contribution in [0.1, 0.15) is 11.1 Å². The van der Waals surface area contributed by atoms with E-state index in [0.29, 0.717) is 29.1 Å². The summed E-state index contributed by atoms with van der Waals surface area (Å²) >= 11 is 0. The number of hydrogen-bond donors (Lipinski definition) is 1. The zero-order chi connectivity index (χ0) is 20.9. The van der Waals surface area contributed by atoms with Crippen molar-refractivity contribution in [1.82, 2.24) is 9.55 Å². The second-order valence-electron chi connectivity index (χ2n) is 6.99. The maximum atomic E-state index is 12.7. The van der Waals surface area contributed by atoms with Crippen LogP contribution in [0, 0.1) is 6.92 Å². The highest BCUT2D eigenvalue weighted by Gasteiger charge is 2.12. The van der Waals surface area contributed by atoms with Gasteiger partial charge in [0.2, 0.25) is 5.91 Å². The second-order valence-corrected chi connectivity index (χ2v) is 6.99. The molecular weight excluding hydrogens is 378 g/mol. The number of nitrogens with one attached hydrogen (secondary N) is 1. The molecule has 4 rings (SSSR count). The number of ether oxygens (including phenoxy) is 1. The molecule has 1 aromatic heterocycles. The molecule has 6 heteroatoms. The Morgan fingerprint density at radius 3 is 2.63 bits per heavy atom. The van der Waals surface area contributed by atoms with Gasteiger partial charge in [-0.05, 0) is 42.3 Å². The number of aromatic nitrogens is 2. The van der Waals surface area contributed by atoms with E-state index in [0.717, 1.165) is 11.1 Å². The Morgan fingerprint density at radius 2 is 1.80 bits per heavy atom. The number of rotatable bonds is 6. The predicted molar refractivity (Wildman–Crippen MR) is 117 cm³/mol. The molecule has 1 heterocycles. The van der Waals surface area contributed by atoms with Gasteiger partial charge in [-0.3, -0.25) is 14.2 Å². The average Bonchev–Trinajstić information content (AvgIpc) is 2.76. The monoisotopic (exact) mass is 399 g/mol. The maximum Gasteiger partial charge on any atom is 0.269 e. The van der Waals surface area contributed by atoms with E-state index in [1.54, 1.807) is 18.2 Å². The van der Waals surface area contributed by atoms with Gasteiger partial charge in [-0.25, -0.2) is 4.98 Å². The van der Waals surface area contributed by atoms with E-state index in [-0.39, 0.29) is 18.0 Å². The molecule has 0 saturated heterocycles. The first kappa shape index (κ1) is 19.4. The molecule has 0 saturated carbocycles. The molecule has 3 aromatic carbocycles. The first-order valence-electron chi connectivity index (χ1n) is 9.62. The highest BCUT2D eigenvalue weighted by Crippen LogP contribution is 2.27. The van der Waals surface area contributed by atoms with E-state index in [2.05, 4.69) is 10.3 Å². The molecule has 1 amide bonds. The zero-order valence-electron chi connectivity index (χ0n) is 16.5. The Morgan fingerprint density at radius 1 is 1.03 bits per heavy atom. The molecule has 0 unspecified atom stereocenters. The average molecular weight is 399 g/mol. The van der Waals surface area contributed by atoms with Crippen LogP contribution in [0.15, 0.2) is 83.8 Å². The van der Waals surface area contributed by atoms with Crippen molar-refractivity contribution < 1.29 is 9.53 Å². The number of para-hydroxylation sites is 2. The molecule has 150 valence electrons. The van der Waals surface area contributed by atoms with E-state index in [9.17, 15) is 9.59 Å². The second kappa shape index (κ2) is 8.61. The summed E-state index contributed by atoms with van der Waals surface area (Å²) in [5.41, 5.74) is 3.57. The minimum absolute atomic E-state index is 0.117. The molecule has 0 aliphatic carbocycles. The van der Waals surface area contributed by atoms with Crippen LogP contribution in [0.2, 0.25) is 0 Å². The van der Waals surface area contributed by atoms with Gasteiger partial charge < -0.3 is 10.1 Å². The van der Waals surface area contributed by atoms with Crippen LogP contribution >= 0.6 is 0 Å². The van der Waals surface area contributed by atoms with Crippen LogP contribution in [0.3, 0.4) is 0 Å². The largest absolute Gasteiger partial charge is 0.487 e. The van der Waals surface area contributed by atoms with Gasteiger partial charge in [-0.15, -0.1) is 0 Å². The fraction of sp³-hybridized carbons (Fsp3) is 0.125. The molecule has 1 N–H and O–H groups in total. The third-order valence-electron chi connectivity index (χ3n) is 4.70. The zero-order valence-corrected chi connectivity index (χ0v) is 16.5. The van der Waals surface area contributed by atoms with Gasteiger partial charge in [0, 0.05) is 0 Å². The van der Waals surface area contributed by atoms with Crippen molar-refractivity contribution in [3.8, 4) is 5.75 Å². The molecule has 30 heavy (non-hydrogen) atoms. The molecule has 0 aliphatic heterocycles. The Balaban J connectivity index is 1.54. The van der Waals surface area contributed by atoms with E-state index in [1.165, 1.54) is 10.8 Å². The van der Waals surface area contributed by atoms with E-state index < -0.39 is 0 Å². The SMILES string of the molecule is Cc1ccc(NC(=O)Cn2c(=O)cnc3ccccc32)c(OCc2ccccc2)c1. The van der Waals surface area contributed by atoms with Crippen LogP contribution in [-0.4, -0.2) is 15.5 Å². The number of fused-ring (bicyclic) bond motifs is 1. The normalized spacial score (nSPS) is 10.7. The predicted octanol–water partition coefficient (Wildman–Crippen LogP) is 3.92. The smallest absolute Gasteiger partial charge is 0.269 e. The summed E-state index contributed by atoms with van der Waals surface area (Å²) in [5, 5.41) is 2.87. The van der Waals surface area contributed by atoms with Gasteiger partial charge in [0.25, 0.3) is 5.56 Å². The Labute approximate surface area is 173 Å². The van der Waals surface area contributed by atoms with Crippen LogP contribution in [0.4, 0.5) is 5.69 Å². The van der Waals surface area contributed by atoms with Gasteiger partial charge in [-0.2, -0.15) is 0 Å². The molecule has 0 fully saturated rings. The third kappa shape index (κ3) is 4.38. The Hall–Kier alpha value is -3.93. The van der Waals surface area contributed by atoms with Crippen molar-refractivity contribution in [2.45, 2.75) is 20.1 Å². The van der Waals surface area contributed by atoms with Crippen molar-refractivity contribution in [1.29, 1.82) is 0 Å². The van der Waals surface area contributed by atoms with E-state index >= 15 is 0 Å². The molecule has 0 atom stereocenters.